The monoisotopic (exact) mass is 279 g/mol. The number of rotatable bonds is 2. The molecule has 0 radical (unpaired) electrons. The first-order valence-corrected chi connectivity index (χ1v) is 5.62. The molecule has 0 spiro atoms. The Kier molecular flexibility index (Phi) is 2.78. The van der Waals surface area contributed by atoms with Gasteiger partial charge in [-0.05, 0) is 24.3 Å². The van der Waals surface area contributed by atoms with E-state index in [1.165, 1.54) is 18.5 Å². The number of anilines is 2. The summed E-state index contributed by atoms with van der Waals surface area (Å²) >= 11 is 0. The van der Waals surface area contributed by atoms with Gasteiger partial charge in [0.1, 0.15) is 6.33 Å². The SMILES string of the molecule is FC(F)(F)c1ccc(Nc2n[nH]c3ncncc23)cc1. The number of nitrogens with zero attached hydrogens (tertiary/aromatic N) is 3. The van der Waals surface area contributed by atoms with Crippen molar-refractivity contribution in [3.8, 4) is 0 Å². The van der Waals surface area contributed by atoms with Crippen LogP contribution in [0.25, 0.3) is 11.0 Å². The van der Waals surface area contributed by atoms with Crippen LogP contribution in [0.3, 0.4) is 0 Å². The van der Waals surface area contributed by atoms with Gasteiger partial charge < -0.3 is 5.32 Å². The Bertz CT molecular complexity index is 733. The van der Waals surface area contributed by atoms with Crippen molar-refractivity contribution in [2.24, 2.45) is 0 Å². The first-order valence-electron chi connectivity index (χ1n) is 5.62. The van der Waals surface area contributed by atoms with Gasteiger partial charge in [-0.2, -0.15) is 18.3 Å². The first kappa shape index (κ1) is 12.4. The van der Waals surface area contributed by atoms with Crippen molar-refractivity contribution in [1.29, 1.82) is 0 Å². The van der Waals surface area contributed by atoms with Crippen LogP contribution in [0.1, 0.15) is 5.56 Å². The van der Waals surface area contributed by atoms with E-state index in [2.05, 4.69) is 25.5 Å². The molecule has 0 bridgehead atoms. The molecule has 0 aliphatic heterocycles. The Morgan fingerprint density at radius 2 is 1.85 bits per heavy atom. The number of fused-ring (bicyclic) bond motifs is 1. The van der Waals surface area contributed by atoms with E-state index in [1.807, 2.05) is 0 Å². The fraction of sp³-hybridized carbons (Fsp3) is 0.0833. The summed E-state index contributed by atoms with van der Waals surface area (Å²) in [5.74, 6) is 0.459. The lowest BCUT2D eigenvalue weighted by Gasteiger charge is -2.08. The van der Waals surface area contributed by atoms with E-state index in [4.69, 9.17) is 0 Å². The number of aromatic nitrogens is 4. The Morgan fingerprint density at radius 3 is 2.55 bits per heavy atom. The molecule has 2 aromatic heterocycles. The highest BCUT2D eigenvalue weighted by Gasteiger charge is 2.29. The Balaban J connectivity index is 1.88. The van der Waals surface area contributed by atoms with Crippen molar-refractivity contribution < 1.29 is 13.2 Å². The second-order valence-corrected chi connectivity index (χ2v) is 4.06. The summed E-state index contributed by atoms with van der Waals surface area (Å²) in [5, 5.41) is 10.3. The van der Waals surface area contributed by atoms with Crippen molar-refractivity contribution >= 4 is 22.5 Å². The Labute approximate surface area is 110 Å². The van der Waals surface area contributed by atoms with Crippen molar-refractivity contribution in [2.45, 2.75) is 6.18 Å². The molecule has 0 aliphatic carbocycles. The quantitative estimate of drug-likeness (QED) is 0.756. The van der Waals surface area contributed by atoms with Gasteiger partial charge in [0.15, 0.2) is 11.5 Å². The maximum absolute atomic E-state index is 12.5. The summed E-state index contributed by atoms with van der Waals surface area (Å²) in [6.45, 7) is 0. The number of benzene rings is 1. The molecule has 0 saturated heterocycles. The molecule has 8 heteroatoms. The lowest BCUT2D eigenvalue weighted by atomic mass is 10.2. The number of halogens is 3. The highest BCUT2D eigenvalue weighted by atomic mass is 19.4. The van der Waals surface area contributed by atoms with Crippen LogP contribution in [-0.4, -0.2) is 20.2 Å². The maximum atomic E-state index is 12.5. The lowest BCUT2D eigenvalue weighted by molar-refractivity contribution is -0.137. The van der Waals surface area contributed by atoms with Gasteiger partial charge >= 0.3 is 6.18 Å². The molecular formula is C12H8F3N5. The molecule has 1 aromatic carbocycles. The summed E-state index contributed by atoms with van der Waals surface area (Å²) in [6, 6.07) is 4.70. The van der Waals surface area contributed by atoms with Gasteiger partial charge in [0, 0.05) is 11.9 Å². The number of hydrogen-bond donors (Lipinski definition) is 2. The van der Waals surface area contributed by atoms with Crippen LogP contribution in [-0.2, 0) is 6.18 Å². The van der Waals surface area contributed by atoms with E-state index in [-0.39, 0.29) is 0 Å². The smallest absolute Gasteiger partial charge is 0.338 e. The number of alkyl halides is 3. The second kappa shape index (κ2) is 4.48. The molecule has 2 heterocycles. The van der Waals surface area contributed by atoms with Gasteiger partial charge in [0.05, 0.1) is 10.9 Å². The van der Waals surface area contributed by atoms with Crippen molar-refractivity contribution in [3.05, 3.63) is 42.4 Å². The van der Waals surface area contributed by atoms with Gasteiger partial charge in [-0.15, -0.1) is 0 Å². The average molecular weight is 279 g/mol. The number of nitrogens with one attached hydrogen (secondary N) is 2. The largest absolute Gasteiger partial charge is 0.416 e. The fourth-order valence-corrected chi connectivity index (χ4v) is 1.74. The van der Waals surface area contributed by atoms with E-state index in [1.54, 1.807) is 6.20 Å². The minimum absolute atomic E-state index is 0.459. The third-order valence-corrected chi connectivity index (χ3v) is 2.72. The summed E-state index contributed by atoms with van der Waals surface area (Å²) in [6.07, 6.45) is -1.40. The van der Waals surface area contributed by atoms with Gasteiger partial charge in [0.2, 0.25) is 0 Å². The molecule has 0 saturated carbocycles. The Morgan fingerprint density at radius 1 is 1.10 bits per heavy atom. The minimum Gasteiger partial charge on any atom is -0.338 e. The van der Waals surface area contributed by atoms with Crippen LogP contribution in [0, 0.1) is 0 Å². The van der Waals surface area contributed by atoms with E-state index >= 15 is 0 Å². The molecule has 20 heavy (non-hydrogen) atoms. The van der Waals surface area contributed by atoms with E-state index in [0.29, 0.717) is 22.5 Å². The zero-order valence-electron chi connectivity index (χ0n) is 9.94. The highest BCUT2D eigenvalue weighted by molar-refractivity contribution is 5.88. The lowest BCUT2D eigenvalue weighted by Crippen LogP contribution is -2.04. The molecule has 0 fully saturated rings. The van der Waals surface area contributed by atoms with Crippen LogP contribution >= 0.6 is 0 Å². The zero-order chi connectivity index (χ0) is 14.2. The van der Waals surface area contributed by atoms with Gasteiger partial charge in [0.25, 0.3) is 0 Å². The van der Waals surface area contributed by atoms with Crippen LogP contribution in [0.5, 0.6) is 0 Å². The van der Waals surface area contributed by atoms with Crippen molar-refractivity contribution in [3.63, 3.8) is 0 Å². The van der Waals surface area contributed by atoms with Gasteiger partial charge in [-0.3, -0.25) is 5.10 Å². The molecule has 3 aromatic rings. The molecule has 0 unspecified atom stereocenters. The summed E-state index contributed by atoms with van der Waals surface area (Å²) in [4.78, 5) is 7.85. The topological polar surface area (TPSA) is 66.5 Å². The molecule has 102 valence electrons. The molecule has 0 amide bonds. The zero-order valence-corrected chi connectivity index (χ0v) is 9.94. The second-order valence-electron chi connectivity index (χ2n) is 4.06. The van der Waals surface area contributed by atoms with Crippen LogP contribution in [0.4, 0.5) is 24.7 Å². The normalized spacial score (nSPS) is 11.8. The minimum atomic E-state index is -4.34. The van der Waals surface area contributed by atoms with E-state index < -0.39 is 11.7 Å². The Hall–Kier alpha value is -2.64. The van der Waals surface area contributed by atoms with E-state index in [0.717, 1.165) is 12.1 Å². The van der Waals surface area contributed by atoms with Crippen molar-refractivity contribution in [2.75, 3.05) is 5.32 Å². The van der Waals surface area contributed by atoms with Crippen LogP contribution in [0.2, 0.25) is 0 Å². The molecule has 0 aliphatic rings. The predicted molar refractivity (Wildman–Crippen MR) is 66.4 cm³/mol. The average Bonchev–Trinajstić information content (AvgIpc) is 2.82. The number of hydrogen-bond acceptors (Lipinski definition) is 4. The van der Waals surface area contributed by atoms with E-state index in [9.17, 15) is 13.2 Å². The molecule has 3 rings (SSSR count). The number of aromatic amines is 1. The summed E-state index contributed by atoms with van der Waals surface area (Å²) in [7, 11) is 0. The van der Waals surface area contributed by atoms with Crippen LogP contribution in [0.15, 0.2) is 36.8 Å². The fourth-order valence-electron chi connectivity index (χ4n) is 1.74. The highest BCUT2D eigenvalue weighted by Crippen LogP contribution is 2.30. The number of H-pyrrole nitrogens is 1. The molecule has 0 atom stereocenters. The maximum Gasteiger partial charge on any atom is 0.416 e. The van der Waals surface area contributed by atoms with Crippen molar-refractivity contribution in [1.82, 2.24) is 20.2 Å². The molecular weight excluding hydrogens is 271 g/mol. The third kappa shape index (κ3) is 2.27. The third-order valence-electron chi connectivity index (χ3n) is 2.72. The standard InChI is InChI=1S/C12H8F3N5/c13-12(14,15)7-1-3-8(4-2-7)18-11-9-5-16-6-17-10(9)19-20-11/h1-6H,(H2,16,17,18,19,20). The van der Waals surface area contributed by atoms with Gasteiger partial charge in [-0.1, -0.05) is 0 Å². The molecule has 5 nitrogen and oxygen atoms in total. The first-order chi connectivity index (χ1) is 9.54. The van der Waals surface area contributed by atoms with Crippen LogP contribution < -0.4 is 5.32 Å². The molecule has 2 N–H and O–H groups in total. The van der Waals surface area contributed by atoms with Gasteiger partial charge in [-0.25, -0.2) is 9.97 Å². The summed E-state index contributed by atoms with van der Waals surface area (Å²) in [5.41, 5.74) is 0.350. The predicted octanol–water partition coefficient (Wildman–Crippen LogP) is 3.12. The summed E-state index contributed by atoms with van der Waals surface area (Å²) < 4.78 is 37.4.